The zero-order chi connectivity index (χ0) is 22.5. The van der Waals surface area contributed by atoms with Gasteiger partial charge in [-0.25, -0.2) is 9.37 Å². The van der Waals surface area contributed by atoms with Gasteiger partial charge < -0.3 is 20.5 Å². The molecule has 1 heterocycles. The first-order chi connectivity index (χ1) is 15.5. The maximum atomic E-state index is 13.0. The van der Waals surface area contributed by atoms with E-state index in [9.17, 15) is 19.1 Å². The Balaban J connectivity index is 1.41. The van der Waals surface area contributed by atoms with Crippen molar-refractivity contribution in [2.45, 2.75) is 18.9 Å². The van der Waals surface area contributed by atoms with Crippen molar-refractivity contribution in [3.05, 3.63) is 72.5 Å². The van der Waals surface area contributed by atoms with Crippen LogP contribution in [-0.2, 0) is 9.59 Å². The molecule has 0 unspecified atom stereocenters. The molecule has 1 fully saturated rings. The Morgan fingerprint density at radius 1 is 1.03 bits per heavy atom. The van der Waals surface area contributed by atoms with Crippen molar-refractivity contribution in [1.29, 1.82) is 0 Å². The van der Waals surface area contributed by atoms with Crippen LogP contribution in [0.15, 0.2) is 66.7 Å². The number of nitrogens with zero attached hydrogens (tertiary/aromatic N) is 1. The van der Waals surface area contributed by atoms with Gasteiger partial charge >= 0.3 is 0 Å². The van der Waals surface area contributed by atoms with E-state index in [0.717, 1.165) is 18.4 Å². The molecule has 3 aromatic rings. The summed E-state index contributed by atoms with van der Waals surface area (Å²) in [6.07, 6.45) is 1.62. The highest BCUT2D eigenvalue weighted by atomic mass is 19.1. The average molecular weight is 435 g/mol. The van der Waals surface area contributed by atoms with Crippen molar-refractivity contribution in [2.75, 3.05) is 11.9 Å². The normalized spacial score (nSPS) is 13.8. The third-order valence-corrected chi connectivity index (χ3v) is 4.96. The number of benzene rings is 2. The van der Waals surface area contributed by atoms with Gasteiger partial charge in [-0.1, -0.05) is 6.07 Å². The number of pyridine rings is 1. The SMILES string of the molecule is O=C(N[C@@H](CO)C(=O)Nc1cccc(-c2ccc(Oc3ccc(F)cc3)cc2)n1)C1CC1. The number of aromatic nitrogens is 1. The summed E-state index contributed by atoms with van der Waals surface area (Å²) in [6, 6.07) is 17.0. The number of anilines is 1. The molecule has 1 atom stereocenters. The molecule has 2 amide bonds. The van der Waals surface area contributed by atoms with Gasteiger partial charge in [-0.3, -0.25) is 9.59 Å². The van der Waals surface area contributed by atoms with Gasteiger partial charge in [0.05, 0.1) is 12.3 Å². The van der Waals surface area contributed by atoms with E-state index >= 15 is 0 Å². The Morgan fingerprint density at radius 3 is 2.31 bits per heavy atom. The van der Waals surface area contributed by atoms with E-state index in [1.165, 1.54) is 12.1 Å². The topological polar surface area (TPSA) is 101 Å². The van der Waals surface area contributed by atoms with Crippen molar-refractivity contribution in [3.8, 4) is 22.8 Å². The molecular formula is C24H22FN3O4. The van der Waals surface area contributed by atoms with Gasteiger partial charge in [0.25, 0.3) is 0 Å². The minimum Gasteiger partial charge on any atom is -0.457 e. The van der Waals surface area contributed by atoms with Crippen LogP contribution in [0.3, 0.4) is 0 Å². The van der Waals surface area contributed by atoms with Crippen molar-refractivity contribution in [2.24, 2.45) is 5.92 Å². The van der Waals surface area contributed by atoms with Gasteiger partial charge in [-0.15, -0.1) is 0 Å². The Hall–Kier alpha value is -3.78. The van der Waals surface area contributed by atoms with Gasteiger partial charge in [0.2, 0.25) is 11.8 Å². The lowest BCUT2D eigenvalue weighted by Gasteiger charge is -2.16. The lowest BCUT2D eigenvalue weighted by atomic mass is 10.1. The van der Waals surface area contributed by atoms with Crippen LogP contribution in [0, 0.1) is 11.7 Å². The van der Waals surface area contributed by atoms with Crippen molar-refractivity contribution >= 4 is 17.6 Å². The molecule has 3 N–H and O–H groups in total. The largest absolute Gasteiger partial charge is 0.457 e. The fourth-order valence-corrected chi connectivity index (χ4v) is 3.04. The second kappa shape index (κ2) is 9.57. The summed E-state index contributed by atoms with van der Waals surface area (Å²) in [6.45, 7) is -0.500. The molecule has 0 saturated heterocycles. The van der Waals surface area contributed by atoms with Crippen molar-refractivity contribution < 1.29 is 23.8 Å². The van der Waals surface area contributed by atoms with Crippen molar-refractivity contribution in [3.63, 3.8) is 0 Å². The number of ether oxygens (including phenoxy) is 1. The summed E-state index contributed by atoms with van der Waals surface area (Å²) < 4.78 is 18.7. The van der Waals surface area contributed by atoms with Crippen molar-refractivity contribution in [1.82, 2.24) is 10.3 Å². The standard InChI is InChI=1S/C24H22FN3O4/c25-17-8-12-19(13-9-17)32-18-10-6-15(7-11-18)20-2-1-3-22(26-20)28-24(31)21(14-29)27-23(30)16-4-5-16/h1-3,6-13,16,21,29H,4-5,14H2,(H,27,30)(H,26,28,31)/t21-/m0/s1. The van der Waals surface area contributed by atoms with E-state index < -0.39 is 18.6 Å². The number of carbonyl (C=O) groups excluding carboxylic acids is 2. The van der Waals surface area contributed by atoms with Gasteiger partial charge in [0.15, 0.2) is 0 Å². The molecule has 4 rings (SSSR count). The van der Waals surface area contributed by atoms with Crippen LogP contribution in [0.2, 0.25) is 0 Å². The quantitative estimate of drug-likeness (QED) is 0.503. The average Bonchev–Trinajstić information content (AvgIpc) is 3.65. The third kappa shape index (κ3) is 5.47. The molecule has 164 valence electrons. The minimum atomic E-state index is -1.03. The number of aliphatic hydroxyl groups excluding tert-OH is 1. The summed E-state index contributed by atoms with van der Waals surface area (Å²) in [4.78, 5) is 28.8. The minimum absolute atomic E-state index is 0.0617. The van der Waals surface area contributed by atoms with Crippen LogP contribution in [0.25, 0.3) is 11.3 Å². The molecule has 0 aliphatic heterocycles. The highest BCUT2D eigenvalue weighted by molar-refractivity contribution is 5.97. The second-order valence-electron chi connectivity index (χ2n) is 7.50. The van der Waals surface area contributed by atoms with E-state index in [1.54, 1.807) is 42.5 Å². The number of aliphatic hydroxyl groups is 1. The first-order valence-electron chi connectivity index (χ1n) is 10.2. The Morgan fingerprint density at radius 2 is 1.69 bits per heavy atom. The summed E-state index contributed by atoms with van der Waals surface area (Å²) >= 11 is 0. The fourth-order valence-electron chi connectivity index (χ4n) is 3.04. The number of hydrogen-bond donors (Lipinski definition) is 3. The number of hydrogen-bond acceptors (Lipinski definition) is 5. The van der Waals surface area contributed by atoms with E-state index in [4.69, 9.17) is 4.74 Å². The monoisotopic (exact) mass is 435 g/mol. The molecule has 7 nitrogen and oxygen atoms in total. The van der Waals surface area contributed by atoms with Crippen LogP contribution in [0.5, 0.6) is 11.5 Å². The Bertz CT molecular complexity index is 1100. The maximum Gasteiger partial charge on any atom is 0.250 e. The summed E-state index contributed by atoms with van der Waals surface area (Å²) in [7, 11) is 0. The van der Waals surface area contributed by atoms with Crippen LogP contribution in [0.1, 0.15) is 12.8 Å². The first-order valence-corrected chi connectivity index (χ1v) is 10.2. The second-order valence-corrected chi connectivity index (χ2v) is 7.50. The predicted molar refractivity (Wildman–Crippen MR) is 117 cm³/mol. The Labute approximate surface area is 184 Å². The molecule has 8 heteroatoms. The van der Waals surface area contributed by atoms with E-state index in [2.05, 4.69) is 15.6 Å². The number of nitrogens with one attached hydrogen (secondary N) is 2. The third-order valence-electron chi connectivity index (χ3n) is 4.96. The predicted octanol–water partition coefficient (Wildman–Crippen LogP) is 3.51. The zero-order valence-electron chi connectivity index (χ0n) is 17.1. The van der Waals surface area contributed by atoms with Crippen LogP contribution < -0.4 is 15.4 Å². The maximum absolute atomic E-state index is 13.0. The van der Waals surface area contributed by atoms with Gasteiger partial charge in [-0.05, 0) is 73.5 Å². The molecule has 32 heavy (non-hydrogen) atoms. The smallest absolute Gasteiger partial charge is 0.250 e. The van der Waals surface area contributed by atoms with Crippen LogP contribution >= 0.6 is 0 Å². The molecule has 1 aliphatic carbocycles. The van der Waals surface area contributed by atoms with Crippen LogP contribution in [-0.4, -0.2) is 34.6 Å². The molecule has 0 bridgehead atoms. The highest BCUT2D eigenvalue weighted by Gasteiger charge is 2.32. The Kier molecular flexibility index (Phi) is 6.42. The molecule has 1 aromatic heterocycles. The number of carbonyl (C=O) groups is 2. The molecular weight excluding hydrogens is 413 g/mol. The molecule has 1 aliphatic rings. The number of rotatable bonds is 8. The van der Waals surface area contributed by atoms with Gasteiger partial charge in [-0.2, -0.15) is 0 Å². The van der Waals surface area contributed by atoms with Gasteiger partial charge in [0, 0.05) is 11.5 Å². The van der Waals surface area contributed by atoms with Crippen LogP contribution in [0.4, 0.5) is 10.2 Å². The lowest BCUT2D eigenvalue weighted by Crippen LogP contribution is -2.46. The molecule has 2 aromatic carbocycles. The van der Waals surface area contributed by atoms with E-state index in [0.29, 0.717) is 23.0 Å². The van der Waals surface area contributed by atoms with Gasteiger partial charge in [0.1, 0.15) is 29.2 Å². The fraction of sp³-hybridized carbons (Fsp3) is 0.208. The van der Waals surface area contributed by atoms with E-state index in [1.807, 2.05) is 12.1 Å². The number of halogens is 1. The highest BCUT2D eigenvalue weighted by Crippen LogP contribution is 2.29. The summed E-state index contributed by atoms with van der Waals surface area (Å²) in [5.74, 6) is 0.266. The molecule has 0 spiro atoms. The number of amides is 2. The first kappa shape index (κ1) is 21.5. The van der Waals surface area contributed by atoms with E-state index in [-0.39, 0.29) is 17.6 Å². The molecule has 1 saturated carbocycles. The lowest BCUT2D eigenvalue weighted by molar-refractivity contribution is -0.128. The molecule has 0 radical (unpaired) electrons. The summed E-state index contributed by atoms with van der Waals surface area (Å²) in [5.41, 5.74) is 1.42. The summed E-state index contributed by atoms with van der Waals surface area (Å²) in [5, 5.41) is 14.7. The zero-order valence-corrected chi connectivity index (χ0v) is 17.1.